The lowest BCUT2D eigenvalue weighted by atomic mass is 9.75. The molecule has 0 bridgehead atoms. The van der Waals surface area contributed by atoms with E-state index in [1.807, 2.05) is 29.2 Å². The number of hydrogen-bond acceptors (Lipinski definition) is 5. The molecule has 2 amide bonds. The molecular weight excluding hydrogens is 505 g/mol. The fourth-order valence-electron chi connectivity index (χ4n) is 6.47. The molecule has 3 atom stereocenters. The number of benzene rings is 2. The Labute approximate surface area is 235 Å². The highest BCUT2D eigenvalue weighted by molar-refractivity contribution is 6.46. The Morgan fingerprint density at radius 3 is 2.27 bits per heavy atom. The van der Waals surface area contributed by atoms with Crippen molar-refractivity contribution in [2.24, 2.45) is 33.0 Å². The second kappa shape index (κ2) is 11.4. The molecule has 2 heterocycles. The number of hydrogen-bond donors (Lipinski definition) is 1. The number of halogens is 1. The number of nitrogens with one attached hydrogen (secondary N) is 1. The number of carbonyl (C=O) groups excluding carboxylic acids is 2. The summed E-state index contributed by atoms with van der Waals surface area (Å²) in [5.41, 5.74) is 2.69. The standard InChI is InChI=1S/C32H38FN5O2/c1-20(2)5-14-28(23-6-8-25(9-7-23)30(39)34-18-27-19-35-37-27)38-31(40)29(24-10-12-26(33)13-11-24)36-32(38)16-21(3)15-22(4)17-32/h6-13,19-22,28H,5,14-18H2,1-4H3,(H,34,39). The summed E-state index contributed by atoms with van der Waals surface area (Å²) >= 11 is 0. The molecule has 3 unspecified atom stereocenters. The Morgan fingerprint density at radius 1 is 1.05 bits per heavy atom. The molecule has 7 nitrogen and oxygen atoms in total. The topological polar surface area (TPSA) is 86.5 Å². The molecule has 2 aromatic carbocycles. The van der Waals surface area contributed by atoms with Gasteiger partial charge in [0.2, 0.25) is 0 Å². The van der Waals surface area contributed by atoms with Crippen LogP contribution in [0.25, 0.3) is 0 Å². The van der Waals surface area contributed by atoms with E-state index in [1.165, 1.54) is 12.1 Å². The first-order valence-electron chi connectivity index (χ1n) is 14.3. The fourth-order valence-corrected chi connectivity index (χ4v) is 6.47. The molecule has 1 fully saturated rings. The zero-order chi connectivity index (χ0) is 28.4. The first kappa shape index (κ1) is 27.9. The number of carbonyl (C=O) groups is 2. The fraction of sp³-hybridized carbons (Fsp3) is 0.469. The monoisotopic (exact) mass is 543 g/mol. The summed E-state index contributed by atoms with van der Waals surface area (Å²) in [6.45, 7) is 9.20. The zero-order valence-corrected chi connectivity index (χ0v) is 23.7. The minimum absolute atomic E-state index is 0.105. The maximum Gasteiger partial charge on any atom is 0.275 e. The smallest absolute Gasteiger partial charge is 0.275 e. The average Bonchev–Trinajstić information content (AvgIpc) is 3.14. The van der Waals surface area contributed by atoms with Gasteiger partial charge in [-0.3, -0.25) is 14.6 Å². The second-order valence-electron chi connectivity index (χ2n) is 12.1. The summed E-state index contributed by atoms with van der Waals surface area (Å²) in [5.74, 6) is 0.662. The quantitative estimate of drug-likeness (QED) is 0.376. The van der Waals surface area contributed by atoms with E-state index in [1.54, 1.807) is 18.3 Å². The maximum absolute atomic E-state index is 14.3. The van der Waals surface area contributed by atoms with Crippen molar-refractivity contribution in [2.75, 3.05) is 6.54 Å². The second-order valence-corrected chi connectivity index (χ2v) is 12.1. The average molecular weight is 544 g/mol. The van der Waals surface area contributed by atoms with Crippen molar-refractivity contribution in [3.8, 4) is 0 Å². The number of nitrogens with zero attached hydrogens (tertiary/aromatic N) is 4. The van der Waals surface area contributed by atoms with Crippen LogP contribution in [0.3, 0.4) is 0 Å². The molecule has 210 valence electrons. The lowest BCUT2D eigenvalue weighted by Gasteiger charge is -2.47. The summed E-state index contributed by atoms with van der Waals surface area (Å²) in [6, 6.07) is 13.5. The van der Waals surface area contributed by atoms with E-state index in [2.05, 4.69) is 43.2 Å². The number of rotatable bonds is 9. The molecule has 3 aliphatic rings. The third kappa shape index (κ3) is 5.76. The van der Waals surface area contributed by atoms with Gasteiger partial charge in [0.1, 0.15) is 22.9 Å². The van der Waals surface area contributed by atoms with Crippen molar-refractivity contribution in [2.45, 2.75) is 71.5 Å². The molecule has 8 heteroatoms. The molecule has 0 saturated heterocycles. The molecule has 1 spiro atoms. The minimum atomic E-state index is -0.652. The van der Waals surface area contributed by atoms with Gasteiger partial charge in [-0.15, -0.1) is 0 Å². The van der Waals surface area contributed by atoms with Crippen LogP contribution >= 0.6 is 0 Å². The number of aliphatic imine (C=N–C) groups is 1. The SMILES string of the molecule is CC(C)CCC(c1ccc(C(=O)NCC2=CN=N2)cc1)N1C(=O)C(c2ccc(F)cc2)=NC12CC(C)CC(C)C2. The third-order valence-electron chi connectivity index (χ3n) is 8.17. The highest BCUT2D eigenvalue weighted by atomic mass is 19.1. The van der Waals surface area contributed by atoms with E-state index in [-0.39, 0.29) is 23.7 Å². The van der Waals surface area contributed by atoms with Crippen molar-refractivity contribution in [3.63, 3.8) is 0 Å². The largest absolute Gasteiger partial charge is 0.346 e. The predicted octanol–water partition coefficient (Wildman–Crippen LogP) is 6.82. The lowest BCUT2D eigenvalue weighted by Crippen LogP contribution is -2.52. The van der Waals surface area contributed by atoms with Crippen LogP contribution < -0.4 is 5.32 Å². The van der Waals surface area contributed by atoms with Crippen LogP contribution in [0.1, 0.15) is 87.3 Å². The molecule has 2 aliphatic heterocycles. The molecular formula is C32H38FN5O2. The van der Waals surface area contributed by atoms with E-state index >= 15 is 0 Å². The first-order valence-corrected chi connectivity index (χ1v) is 14.3. The van der Waals surface area contributed by atoms with Gasteiger partial charge in [-0.05, 0) is 91.8 Å². The zero-order valence-electron chi connectivity index (χ0n) is 23.7. The van der Waals surface area contributed by atoms with Crippen molar-refractivity contribution >= 4 is 17.5 Å². The van der Waals surface area contributed by atoms with Crippen molar-refractivity contribution in [1.29, 1.82) is 0 Å². The summed E-state index contributed by atoms with van der Waals surface area (Å²) in [6.07, 6.45) is 6.03. The van der Waals surface area contributed by atoms with Crippen LogP contribution in [0.4, 0.5) is 4.39 Å². The highest BCUT2D eigenvalue weighted by Crippen LogP contribution is 2.48. The summed E-state index contributed by atoms with van der Waals surface area (Å²) < 4.78 is 13.7. The normalized spacial score (nSPS) is 24.6. The van der Waals surface area contributed by atoms with Gasteiger partial charge in [-0.25, -0.2) is 4.39 Å². The van der Waals surface area contributed by atoms with E-state index in [9.17, 15) is 14.0 Å². The summed E-state index contributed by atoms with van der Waals surface area (Å²) in [7, 11) is 0. The van der Waals surface area contributed by atoms with Gasteiger partial charge in [0.25, 0.3) is 11.8 Å². The minimum Gasteiger partial charge on any atom is -0.346 e. The number of amides is 2. The van der Waals surface area contributed by atoms with Crippen LogP contribution in [0.15, 0.2) is 75.6 Å². The van der Waals surface area contributed by atoms with Gasteiger partial charge in [0.05, 0.1) is 18.8 Å². The molecule has 1 saturated carbocycles. The van der Waals surface area contributed by atoms with Gasteiger partial charge in [-0.2, -0.15) is 10.2 Å². The summed E-state index contributed by atoms with van der Waals surface area (Å²) in [4.78, 5) is 34.3. The number of azo groups is 1. The Bertz CT molecular complexity index is 1340. The van der Waals surface area contributed by atoms with Gasteiger partial charge < -0.3 is 10.2 Å². The summed E-state index contributed by atoms with van der Waals surface area (Å²) in [5, 5.41) is 10.4. The van der Waals surface area contributed by atoms with Gasteiger partial charge in [0.15, 0.2) is 0 Å². The first-order chi connectivity index (χ1) is 19.1. The Balaban J connectivity index is 1.49. The highest BCUT2D eigenvalue weighted by Gasteiger charge is 2.53. The van der Waals surface area contributed by atoms with E-state index < -0.39 is 5.66 Å². The molecule has 0 aromatic heterocycles. The predicted molar refractivity (Wildman–Crippen MR) is 153 cm³/mol. The maximum atomic E-state index is 14.3. The van der Waals surface area contributed by atoms with Crippen molar-refractivity contribution < 1.29 is 14.0 Å². The van der Waals surface area contributed by atoms with Gasteiger partial charge in [0, 0.05) is 11.1 Å². The van der Waals surface area contributed by atoms with Gasteiger partial charge in [-0.1, -0.05) is 39.8 Å². The Morgan fingerprint density at radius 2 is 1.70 bits per heavy atom. The Kier molecular flexibility index (Phi) is 7.97. The molecule has 5 rings (SSSR count). The molecule has 40 heavy (non-hydrogen) atoms. The van der Waals surface area contributed by atoms with Crippen LogP contribution in [0, 0.1) is 23.6 Å². The lowest BCUT2D eigenvalue weighted by molar-refractivity contribution is -0.134. The van der Waals surface area contributed by atoms with Crippen LogP contribution in [-0.4, -0.2) is 34.6 Å². The van der Waals surface area contributed by atoms with Crippen LogP contribution in [0.5, 0.6) is 0 Å². The van der Waals surface area contributed by atoms with Crippen LogP contribution in [0.2, 0.25) is 0 Å². The van der Waals surface area contributed by atoms with Gasteiger partial charge >= 0.3 is 0 Å². The molecule has 0 radical (unpaired) electrons. The molecule has 1 N–H and O–H groups in total. The van der Waals surface area contributed by atoms with Crippen molar-refractivity contribution in [3.05, 3.63) is 82.9 Å². The van der Waals surface area contributed by atoms with E-state index in [4.69, 9.17) is 4.99 Å². The molecule has 1 aliphatic carbocycles. The third-order valence-corrected chi connectivity index (χ3v) is 8.17. The Hall–Kier alpha value is -3.68. The van der Waals surface area contributed by atoms with Crippen LogP contribution in [-0.2, 0) is 4.79 Å². The van der Waals surface area contributed by atoms with E-state index in [0.29, 0.717) is 41.1 Å². The molecule has 2 aromatic rings. The van der Waals surface area contributed by atoms with E-state index in [0.717, 1.165) is 43.4 Å². The van der Waals surface area contributed by atoms with Crippen molar-refractivity contribution in [1.82, 2.24) is 10.2 Å².